The van der Waals surface area contributed by atoms with Crippen LogP contribution in [0, 0.1) is 4.77 Å². The van der Waals surface area contributed by atoms with Gasteiger partial charge in [-0.1, -0.05) is 11.6 Å². The Bertz CT molecular complexity index is 947. The number of nitrogens with zero attached hydrogens (tertiary/aromatic N) is 3. The number of aromatic nitrogens is 3. The lowest BCUT2D eigenvalue weighted by Gasteiger charge is -2.04. The van der Waals surface area contributed by atoms with Crippen molar-refractivity contribution < 1.29 is 9.84 Å². The van der Waals surface area contributed by atoms with E-state index in [1.807, 2.05) is 12.1 Å². The maximum atomic E-state index is 9.63. The molecule has 0 aliphatic rings. The van der Waals surface area contributed by atoms with Gasteiger partial charge in [-0.2, -0.15) is 14.9 Å². The monoisotopic (exact) mass is 360 g/mol. The molecule has 0 bridgehead atoms. The van der Waals surface area contributed by atoms with E-state index in [2.05, 4.69) is 15.3 Å². The first-order valence-electron chi connectivity index (χ1n) is 6.93. The van der Waals surface area contributed by atoms with E-state index in [1.54, 1.807) is 30.5 Å². The number of ether oxygens (including phenoxy) is 1. The van der Waals surface area contributed by atoms with E-state index in [1.165, 1.54) is 17.9 Å². The fourth-order valence-electron chi connectivity index (χ4n) is 2.08. The van der Waals surface area contributed by atoms with Crippen molar-refractivity contribution in [3.8, 4) is 22.9 Å². The molecule has 0 aliphatic heterocycles. The second-order valence-corrected chi connectivity index (χ2v) is 5.67. The summed E-state index contributed by atoms with van der Waals surface area (Å²) in [6.45, 7) is 0. The van der Waals surface area contributed by atoms with Crippen molar-refractivity contribution in [2.45, 2.75) is 0 Å². The van der Waals surface area contributed by atoms with Crippen LogP contribution in [0.25, 0.3) is 11.4 Å². The summed E-state index contributed by atoms with van der Waals surface area (Å²) in [6, 6.07) is 12.1. The summed E-state index contributed by atoms with van der Waals surface area (Å²) >= 11 is 11.1. The molecule has 6 nitrogen and oxygen atoms in total. The highest BCUT2D eigenvalue weighted by atomic mass is 35.5. The average molecular weight is 361 g/mol. The molecular formula is C16H13ClN4O2S. The van der Waals surface area contributed by atoms with Crippen LogP contribution in [0.15, 0.2) is 47.6 Å². The number of nitrogens with one attached hydrogen (secondary N) is 1. The van der Waals surface area contributed by atoms with Crippen LogP contribution in [-0.4, -0.2) is 33.3 Å². The molecule has 0 fully saturated rings. The number of aromatic amines is 1. The highest BCUT2D eigenvalue weighted by Gasteiger charge is 2.08. The lowest BCUT2D eigenvalue weighted by molar-refractivity contribution is 0.373. The first kappa shape index (κ1) is 16.2. The molecule has 8 heteroatoms. The normalized spacial score (nSPS) is 11.1. The topological polar surface area (TPSA) is 75.4 Å². The Labute approximate surface area is 148 Å². The van der Waals surface area contributed by atoms with Crippen molar-refractivity contribution in [2.24, 2.45) is 5.10 Å². The van der Waals surface area contributed by atoms with Gasteiger partial charge >= 0.3 is 0 Å². The van der Waals surface area contributed by atoms with Crippen molar-refractivity contribution in [1.82, 2.24) is 14.9 Å². The molecule has 2 aromatic carbocycles. The molecule has 122 valence electrons. The number of aromatic hydroxyl groups is 1. The number of benzene rings is 2. The van der Waals surface area contributed by atoms with E-state index in [0.717, 1.165) is 11.1 Å². The van der Waals surface area contributed by atoms with Gasteiger partial charge in [-0.3, -0.25) is 0 Å². The van der Waals surface area contributed by atoms with Crippen molar-refractivity contribution >= 4 is 30.0 Å². The van der Waals surface area contributed by atoms with Gasteiger partial charge in [0.25, 0.3) is 0 Å². The second-order valence-electron chi connectivity index (χ2n) is 4.85. The van der Waals surface area contributed by atoms with E-state index in [-0.39, 0.29) is 5.75 Å². The van der Waals surface area contributed by atoms with Crippen LogP contribution in [0.5, 0.6) is 11.5 Å². The predicted molar refractivity (Wildman–Crippen MR) is 95.5 cm³/mol. The molecule has 0 unspecified atom stereocenters. The molecule has 3 aromatic rings. The molecule has 1 heterocycles. The zero-order chi connectivity index (χ0) is 17.1. The minimum atomic E-state index is 0.0661. The predicted octanol–water partition coefficient (Wildman–Crippen LogP) is 3.86. The summed E-state index contributed by atoms with van der Waals surface area (Å²) in [5, 5.41) is 21.6. The first-order valence-corrected chi connectivity index (χ1v) is 7.72. The van der Waals surface area contributed by atoms with Gasteiger partial charge in [0, 0.05) is 10.6 Å². The van der Waals surface area contributed by atoms with Gasteiger partial charge in [-0.05, 0) is 60.2 Å². The molecule has 3 rings (SSSR count). The van der Waals surface area contributed by atoms with Gasteiger partial charge in [0.05, 0.1) is 13.3 Å². The number of H-pyrrole nitrogens is 1. The van der Waals surface area contributed by atoms with Crippen LogP contribution in [0.2, 0.25) is 5.02 Å². The van der Waals surface area contributed by atoms with Gasteiger partial charge < -0.3 is 9.84 Å². The smallest absolute Gasteiger partial charge is 0.216 e. The van der Waals surface area contributed by atoms with Crippen LogP contribution >= 0.6 is 23.8 Å². The summed E-state index contributed by atoms with van der Waals surface area (Å²) < 4.78 is 6.96. The number of phenolic OH excluding ortho intramolecular Hbond substituents is 1. The van der Waals surface area contributed by atoms with E-state index in [4.69, 9.17) is 28.6 Å². The zero-order valence-electron chi connectivity index (χ0n) is 12.6. The lowest BCUT2D eigenvalue weighted by atomic mass is 10.2. The molecular weight excluding hydrogens is 348 g/mol. The van der Waals surface area contributed by atoms with Gasteiger partial charge in [0.2, 0.25) is 4.77 Å². The Morgan fingerprint density at radius 3 is 2.75 bits per heavy atom. The average Bonchev–Trinajstić information content (AvgIpc) is 2.95. The Morgan fingerprint density at radius 2 is 2.04 bits per heavy atom. The van der Waals surface area contributed by atoms with Crippen LogP contribution < -0.4 is 4.74 Å². The summed E-state index contributed by atoms with van der Waals surface area (Å²) in [5.74, 6) is 1.00. The minimum absolute atomic E-state index is 0.0661. The minimum Gasteiger partial charge on any atom is -0.504 e. The largest absolute Gasteiger partial charge is 0.504 e. The fraction of sp³-hybridized carbons (Fsp3) is 0.0625. The number of hydrogen-bond acceptors (Lipinski definition) is 5. The Hall–Kier alpha value is -2.64. The van der Waals surface area contributed by atoms with Crippen molar-refractivity contribution in [3.05, 3.63) is 57.8 Å². The zero-order valence-corrected chi connectivity index (χ0v) is 14.2. The summed E-state index contributed by atoms with van der Waals surface area (Å²) in [6.07, 6.45) is 1.60. The number of rotatable bonds is 4. The quantitative estimate of drug-likeness (QED) is 0.547. The molecule has 0 spiro atoms. The van der Waals surface area contributed by atoms with E-state index in [0.29, 0.717) is 21.4 Å². The van der Waals surface area contributed by atoms with Crippen LogP contribution in [-0.2, 0) is 0 Å². The third-order valence-corrected chi connectivity index (χ3v) is 3.80. The number of hydrogen-bond donors (Lipinski definition) is 2. The van der Waals surface area contributed by atoms with Gasteiger partial charge in [0.1, 0.15) is 0 Å². The fourth-order valence-corrected chi connectivity index (χ4v) is 2.39. The molecule has 0 amide bonds. The van der Waals surface area contributed by atoms with Crippen LogP contribution in [0.1, 0.15) is 5.56 Å². The molecule has 0 saturated heterocycles. The van der Waals surface area contributed by atoms with E-state index >= 15 is 0 Å². The van der Waals surface area contributed by atoms with Crippen molar-refractivity contribution in [3.63, 3.8) is 0 Å². The summed E-state index contributed by atoms with van der Waals surface area (Å²) in [5.41, 5.74) is 1.57. The highest BCUT2D eigenvalue weighted by molar-refractivity contribution is 7.71. The Balaban J connectivity index is 1.97. The van der Waals surface area contributed by atoms with Gasteiger partial charge in [-0.15, -0.1) is 0 Å². The molecule has 2 N–H and O–H groups in total. The van der Waals surface area contributed by atoms with Crippen LogP contribution in [0.3, 0.4) is 0 Å². The Kier molecular flexibility index (Phi) is 4.64. The maximum absolute atomic E-state index is 9.63. The molecule has 24 heavy (non-hydrogen) atoms. The van der Waals surface area contributed by atoms with Crippen LogP contribution in [0.4, 0.5) is 0 Å². The number of halogens is 1. The highest BCUT2D eigenvalue weighted by Crippen LogP contribution is 2.25. The third-order valence-electron chi connectivity index (χ3n) is 3.28. The summed E-state index contributed by atoms with van der Waals surface area (Å²) in [7, 11) is 1.49. The first-order chi connectivity index (χ1) is 11.6. The van der Waals surface area contributed by atoms with Crippen molar-refractivity contribution in [1.29, 1.82) is 0 Å². The maximum Gasteiger partial charge on any atom is 0.216 e. The number of phenols is 1. The van der Waals surface area contributed by atoms with Crippen molar-refractivity contribution in [2.75, 3.05) is 7.11 Å². The lowest BCUT2D eigenvalue weighted by Crippen LogP contribution is -1.95. The summed E-state index contributed by atoms with van der Waals surface area (Å²) in [4.78, 5) is 0. The molecule has 0 radical (unpaired) electrons. The molecule has 1 aromatic heterocycles. The molecule has 0 saturated carbocycles. The van der Waals surface area contributed by atoms with Gasteiger partial charge in [-0.25, -0.2) is 5.10 Å². The molecule has 0 aliphatic carbocycles. The van der Waals surface area contributed by atoms with Gasteiger partial charge in [0.15, 0.2) is 17.3 Å². The third kappa shape index (κ3) is 3.32. The standard InChI is InChI=1S/C16H13ClN4O2S/c1-23-14-8-10(2-7-13(14)22)9-18-21-15(19-20-16(21)24)11-3-5-12(17)6-4-11/h2-9,22H,1H3,(H,20,24)/b18-9+. The number of methoxy groups -OCH3 is 1. The molecule has 0 atom stereocenters. The second kappa shape index (κ2) is 6.86. The SMILES string of the molecule is COc1cc(/C=N/n2c(-c3ccc(Cl)cc3)n[nH]c2=S)ccc1O. The Morgan fingerprint density at radius 1 is 1.29 bits per heavy atom. The van der Waals surface area contributed by atoms with E-state index in [9.17, 15) is 5.11 Å². The van der Waals surface area contributed by atoms with E-state index < -0.39 is 0 Å².